The maximum Gasteiger partial charge on any atom is 0.234 e. The summed E-state index contributed by atoms with van der Waals surface area (Å²) in [5.41, 5.74) is 3.23. The number of benzene rings is 1. The maximum atomic E-state index is 5.75. The van der Waals surface area contributed by atoms with Gasteiger partial charge in [0.25, 0.3) is 0 Å². The van der Waals surface area contributed by atoms with Crippen LogP contribution in [0.4, 0.5) is 5.69 Å². The molecular weight excluding hydrogens is 256 g/mol. The lowest BCUT2D eigenvalue weighted by Crippen LogP contribution is -2.39. The molecule has 0 radical (unpaired) electrons. The van der Waals surface area contributed by atoms with Crippen LogP contribution >= 0.6 is 34.8 Å². The van der Waals surface area contributed by atoms with Gasteiger partial charge in [-0.25, -0.2) is 0 Å². The van der Waals surface area contributed by atoms with Crippen molar-refractivity contribution in [1.29, 1.82) is 0 Å². The predicted octanol–water partition coefficient (Wildman–Crippen LogP) is 3.63. The summed E-state index contributed by atoms with van der Waals surface area (Å²) in [6.07, 6.45) is -0.599. The number of halogens is 3. The lowest BCUT2D eigenvalue weighted by molar-refractivity contribution is 0.0538. The van der Waals surface area contributed by atoms with Crippen molar-refractivity contribution in [3.8, 4) is 0 Å². The summed E-state index contributed by atoms with van der Waals surface area (Å²) in [6, 6.07) is 6.03. The van der Waals surface area contributed by atoms with E-state index in [0.717, 1.165) is 11.3 Å². The van der Waals surface area contributed by atoms with E-state index in [0.29, 0.717) is 6.61 Å². The molecule has 1 aliphatic heterocycles. The molecule has 1 atom stereocenters. The number of nitrogens with one attached hydrogen (secondary N) is 1. The van der Waals surface area contributed by atoms with E-state index in [2.05, 4.69) is 11.4 Å². The number of alkyl halides is 3. The van der Waals surface area contributed by atoms with Gasteiger partial charge in [0.1, 0.15) is 0 Å². The third kappa shape index (κ3) is 2.51. The Labute approximate surface area is 103 Å². The molecule has 15 heavy (non-hydrogen) atoms. The molecule has 1 unspecified atom stereocenters. The van der Waals surface area contributed by atoms with Gasteiger partial charge in [0.2, 0.25) is 3.79 Å². The molecular formula is C10H10Cl3NO. The van der Waals surface area contributed by atoms with Crippen LogP contribution in [-0.4, -0.2) is 10.0 Å². The number of rotatable bonds is 0. The third-order valence-electron chi connectivity index (χ3n) is 2.25. The van der Waals surface area contributed by atoms with Gasteiger partial charge in [-0.3, -0.25) is 0 Å². The number of fused-ring (bicyclic) bond motifs is 1. The number of anilines is 1. The SMILES string of the molecule is Cc1ccc2c(c1)COC(C(Cl)(Cl)Cl)N2. The van der Waals surface area contributed by atoms with Gasteiger partial charge in [-0.15, -0.1) is 0 Å². The zero-order valence-corrected chi connectivity index (χ0v) is 10.3. The first-order chi connectivity index (χ1) is 6.97. The van der Waals surface area contributed by atoms with Crippen molar-refractivity contribution in [2.24, 2.45) is 0 Å². The molecule has 1 heterocycles. The minimum Gasteiger partial charge on any atom is -0.356 e. The summed E-state index contributed by atoms with van der Waals surface area (Å²) in [6.45, 7) is 2.49. The summed E-state index contributed by atoms with van der Waals surface area (Å²) < 4.78 is 3.96. The molecule has 0 bridgehead atoms. The van der Waals surface area contributed by atoms with Crippen LogP contribution < -0.4 is 5.32 Å². The molecule has 1 aromatic rings. The van der Waals surface area contributed by atoms with E-state index in [4.69, 9.17) is 39.5 Å². The smallest absolute Gasteiger partial charge is 0.234 e. The Hall–Kier alpha value is -0.150. The van der Waals surface area contributed by atoms with Crippen molar-refractivity contribution >= 4 is 40.5 Å². The van der Waals surface area contributed by atoms with Crippen molar-refractivity contribution < 1.29 is 4.74 Å². The normalized spacial score (nSPS) is 20.7. The number of hydrogen-bond acceptors (Lipinski definition) is 2. The first kappa shape index (κ1) is 11.3. The second-order valence-electron chi connectivity index (χ2n) is 3.54. The van der Waals surface area contributed by atoms with Crippen LogP contribution in [-0.2, 0) is 11.3 Å². The summed E-state index contributed by atoms with van der Waals surface area (Å²) in [4.78, 5) is 0. The number of hydrogen-bond donors (Lipinski definition) is 1. The Morgan fingerprint density at radius 2 is 2.13 bits per heavy atom. The average molecular weight is 267 g/mol. The van der Waals surface area contributed by atoms with Crippen LogP contribution in [0, 0.1) is 6.92 Å². The molecule has 1 aromatic carbocycles. The first-order valence-electron chi connectivity index (χ1n) is 4.51. The van der Waals surface area contributed by atoms with Gasteiger partial charge < -0.3 is 10.1 Å². The molecule has 1 aliphatic rings. The number of aryl methyl sites for hydroxylation is 1. The minimum atomic E-state index is -1.46. The molecule has 2 nitrogen and oxygen atoms in total. The van der Waals surface area contributed by atoms with E-state index >= 15 is 0 Å². The van der Waals surface area contributed by atoms with Gasteiger partial charge in [0.15, 0.2) is 6.23 Å². The third-order valence-corrected chi connectivity index (χ3v) is 2.84. The van der Waals surface area contributed by atoms with Crippen molar-refractivity contribution in [3.63, 3.8) is 0 Å². The Morgan fingerprint density at radius 1 is 1.40 bits per heavy atom. The van der Waals surface area contributed by atoms with Crippen molar-refractivity contribution in [2.45, 2.75) is 23.6 Å². The lowest BCUT2D eigenvalue weighted by atomic mass is 10.1. The average Bonchev–Trinajstić information content (AvgIpc) is 2.15. The molecule has 0 saturated heterocycles. The fourth-order valence-corrected chi connectivity index (χ4v) is 1.87. The molecule has 5 heteroatoms. The molecule has 0 spiro atoms. The Bertz CT molecular complexity index is 375. The first-order valence-corrected chi connectivity index (χ1v) is 5.64. The monoisotopic (exact) mass is 265 g/mol. The lowest BCUT2D eigenvalue weighted by Gasteiger charge is -2.31. The van der Waals surface area contributed by atoms with E-state index in [-0.39, 0.29) is 0 Å². The van der Waals surface area contributed by atoms with Crippen LogP contribution in [0.2, 0.25) is 0 Å². The van der Waals surface area contributed by atoms with Crippen molar-refractivity contribution in [1.82, 2.24) is 0 Å². The van der Waals surface area contributed by atoms with Crippen LogP contribution in [0.5, 0.6) is 0 Å². The molecule has 0 fully saturated rings. The van der Waals surface area contributed by atoms with E-state index < -0.39 is 10.0 Å². The van der Waals surface area contributed by atoms with Crippen LogP contribution in [0.25, 0.3) is 0 Å². The van der Waals surface area contributed by atoms with Gasteiger partial charge in [0.05, 0.1) is 6.61 Å². The minimum absolute atomic E-state index is 0.461. The van der Waals surface area contributed by atoms with Gasteiger partial charge in [-0.05, 0) is 13.0 Å². The highest BCUT2D eigenvalue weighted by molar-refractivity contribution is 6.68. The second kappa shape index (κ2) is 4.02. The Balaban J connectivity index is 2.24. The predicted molar refractivity (Wildman–Crippen MR) is 63.7 cm³/mol. The van der Waals surface area contributed by atoms with E-state index in [1.807, 2.05) is 19.1 Å². The molecule has 0 aromatic heterocycles. The second-order valence-corrected chi connectivity index (χ2v) is 5.91. The van der Waals surface area contributed by atoms with Crippen molar-refractivity contribution in [2.75, 3.05) is 5.32 Å². The Kier molecular flexibility index (Phi) is 3.04. The van der Waals surface area contributed by atoms with Gasteiger partial charge in [-0.2, -0.15) is 0 Å². The summed E-state index contributed by atoms with van der Waals surface area (Å²) in [5.74, 6) is 0. The topological polar surface area (TPSA) is 21.3 Å². The standard InChI is InChI=1S/C10H10Cl3NO/c1-6-2-3-8-7(4-6)5-15-9(14-8)10(11,12)13/h2-4,9,14H,5H2,1H3. The van der Waals surface area contributed by atoms with Crippen LogP contribution in [0.3, 0.4) is 0 Å². The van der Waals surface area contributed by atoms with Crippen LogP contribution in [0.15, 0.2) is 18.2 Å². The highest BCUT2D eigenvalue weighted by Crippen LogP contribution is 2.36. The molecule has 1 N–H and O–H groups in total. The molecule has 82 valence electrons. The number of ether oxygens (including phenoxy) is 1. The highest BCUT2D eigenvalue weighted by atomic mass is 35.6. The van der Waals surface area contributed by atoms with E-state index in [9.17, 15) is 0 Å². The van der Waals surface area contributed by atoms with Gasteiger partial charge >= 0.3 is 0 Å². The zero-order chi connectivity index (χ0) is 11.1. The Morgan fingerprint density at radius 3 is 2.80 bits per heavy atom. The molecule has 0 aliphatic carbocycles. The van der Waals surface area contributed by atoms with Crippen LogP contribution in [0.1, 0.15) is 11.1 Å². The van der Waals surface area contributed by atoms with E-state index in [1.165, 1.54) is 5.56 Å². The summed E-state index contributed by atoms with van der Waals surface area (Å²) in [7, 11) is 0. The summed E-state index contributed by atoms with van der Waals surface area (Å²) in [5, 5.41) is 3.05. The van der Waals surface area contributed by atoms with Crippen molar-refractivity contribution in [3.05, 3.63) is 29.3 Å². The van der Waals surface area contributed by atoms with Gasteiger partial charge in [0, 0.05) is 11.3 Å². The fraction of sp³-hybridized carbons (Fsp3) is 0.400. The molecule has 0 saturated carbocycles. The maximum absolute atomic E-state index is 5.75. The summed E-state index contributed by atoms with van der Waals surface area (Å²) >= 11 is 17.3. The molecule has 0 amide bonds. The van der Waals surface area contributed by atoms with E-state index in [1.54, 1.807) is 0 Å². The zero-order valence-electron chi connectivity index (χ0n) is 8.06. The molecule has 2 rings (SSSR count). The quantitative estimate of drug-likeness (QED) is 0.724. The largest absolute Gasteiger partial charge is 0.356 e. The highest BCUT2D eigenvalue weighted by Gasteiger charge is 2.36. The van der Waals surface area contributed by atoms with Gasteiger partial charge in [-0.1, -0.05) is 52.5 Å². The fourth-order valence-electron chi connectivity index (χ4n) is 1.52.